The summed E-state index contributed by atoms with van der Waals surface area (Å²) >= 11 is 1.40. The summed E-state index contributed by atoms with van der Waals surface area (Å²) in [5.41, 5.74) is 1.07. The van der Waals surface area contributed by atoms with Crippen molar-refractivity contribution in [1.82, 2.24) is 0 Å². The van der Waals surface area contributed by atoms with Crippen LogP contribution < -0.4 is 0 Å². The Kier molecular flexibility index (Phi) is 6.50. The monoisotopic (exact) mass is 392 g/mol. The van der Waals surface area contributed by atoms with E-state index >= 15 is 0 Å². The molecule has 0 saturated carbocycles. The van der Waals surface area contributed by atoms with Crippen LogP contribution in [0.25, 0.3) is 0 Å². The highest BCUT2D eigenvalue weighted by Gasteiger charge is 2.26. The molecule has 0 spiro atoms. The molecule has 1 aromatic heterocycles. The highest BCUT2D eigenvalue weighted by molar-refractivity contribution is 7.14. The Balaban J connectivity index is 1.69. The van der Waals surface area contributed by atoms with Gasteiger partial charge in [-0.1, -0.05) is 60.7 Å². The summed E-state index contributed by atoms with van der Waals surface area (Å²) in [6, 6.07) is 21.3. The van der Waals surface area contributed by atoms with Crippen LogP contribution in [-0.4, -0.2) is 17.5 Å². The number of esters is 1. The lowest BCUT2D eigenvalue weighted by Crippen LogP contribution is -2.20. The van der Waals surface area contributed by atoms with Gasteiger partial charge in [-0.3, -0.25) is 14.4 Å². The molecule has 5 heteroatoms. The molecule has 0 N–H and O–H groups in total. The van der Waals surface area contributed by atoms with Crippen LogP contribution >= 0.6 is 11.3 Å². The first-order valence-corrected chi connectivity index (χ1v) is 9.79. The molecule has 0 amide bonds. The molecule has 3 rings (SSSR count). The molecule has 3 aromatic rings. The van der Waals surface area contributed by atoms with E-state index in [2.05, 4.69) is 0 Å². The summed E-state index contributed by atoms with van der Waals surface area (Å²) in [5.74, 6) is -0.958. The number of benzene rings is 2. The number of carbonyl (C=O) groups is 3. The smallest absolute Gasteiger partial charge is 0.307 e. The van der Waals surface area contributed by atoms with E-state index in [-0.39, 0.29) is 24.4 Å². The molecule has 0 aliphatic rings. The average Bonchev–Trinajstić information content (AvgIpc) is 3.17. The fraction of sp³-hybridized carbons (Fsp3) is 0.174. The zero-order chi connectivity index (χ0) is 19.9. The van der Waals surface area contributed by atoms with Crippen molar-refractivity contribution in [3.63, 3.8) is 0 Å². The second kappa shape index (κ2) is 9.24. The van der Waals surface area contributed by atoms with E-state index in [0.717, 1.165) is 4.88 Å². The van der Waals surface area contributed by atoms with Crippen molar-refractivity contribution < 1.29 is 19.1 Å². The first kappa shape index (κ1) is 19.7. The van der Waals surface area contributed by atoms with Crippen molar-refractivity contribution in [3.05, 3.63) is 93.7 Å². The molecule has 0 aliphatic carbocycles. The Hall–Kier alpha value is -3.05. The quantitative estimate of drug-likeness (QED) is 0.391. The lowest BCUT2D eigenvalue weighted by atomic mass is 10.00. The van der Waals surface area contributed by atoms with Crippen molar-refractivity contribution in [2.75, 3.05) is 0 Å². The summed E-state index contributed by atoms with van der Waals surface area (Å²) in [6.45, 7) is 1.93. The number of rotatable bonds is 8. The standard InChI is InChI=1S/C23H20O4S/c1-16-12-14-20(28-16)19(24)13-15-21(25)27-23(18-10-6-3-7-11-18)22(26)17-8-4-2-5-9-17/h2-12,14,23H,13,15H2,1H3/t23-/m0/s1. The van der Waals surface area contributed by atoms with Gasteiger partial charge in [0.1, 0.15) is 0 Å². The molecule has 0 radical (unpaired) electrons. The van der Waals surface area contributed by atoms with Crippen LogP contribution in [0.5, 0.6) is 0 Å². The summed E-state index contributed by atoms with van der Waals surface area (Å²) in [4.78, 5) is 39.2. The van der Waals surface area contributed by atoms with E-state index in [1.54, 1.807) is 54.6 Å². The van der Waals surface area contributed by atoms with E-state index in [1.807, 2.05) is 25.1 Å². The number of thiophene rings is 1. The largest absolute Gasteiger partial charge is 0.449 e. The maximum Gasteiger partial charge on any atom is 0.307 e. The molecule has 4 nitrogen and oxygen atoms in total. The van der Waals surface area contributed by atoms with Gasteiger partial charge in [-0.25, -0.2) is 0 Å². The van der Waals surface area contributed by atoms with Gasteiger partial charge in [-0.05, 0) is 19.1 Å². The topological polar surface area (TPSA) is 60.4 Å². The molecule has 0 fully saturated rings. The lowest BCUT2D eigenvalue weighted by molar-refractivity contribution is -0.147. The number of hydrogen-bond acceptors (Lipinski definition) is 5. The Morgan fingerprint density at radius 2 is 1.50 bits per heavy atom. The van der Waals surface area contributed by atoms with Crippen molar-refractivity contribution in [3.8, 4) is 0 Å². The van der Waals surface area contributed by atoms with Crippen molar-refractivity contribution >= 4 is 28.9 Å². The molecular formula is C23H20O4S. The van der Waals surface area contributed by atoms with Crippen LogP contribution in [0, 0.1) is 6.92 Å². The molecule has 0 saturated heterocycles. The molecule has 0 aliphatic heterocycles. The lowest BCUT2D eigenvalue weighted by Gasteiger charge is -2.17. The summed E-state index contributed by atoms with van der Waals surface area (Å²) in [6.07, 6.45) is -1.05. The predicted molar refractivity (Wildman–Crippen MR) is 109 cm³/mol. The van der Waals surface area contributed by atoms with E-state index < -0.39 is 12.1 Å². The highest BCUT2D eigenvalue weighted by Crippen LogP contribution is 2.24. The maximum absolute atomic E-state index is 12.9. The zero-order valence-corrected chi connectivity index (χ0v) is 16.3. The number of Topliss-reactive ketones (excluding diaryl/α,β-unsaturated/α-hetero) is 2. The summed E-state index contributed by atoms with van der Waals surface area (Å²) < 4.78 is 5.51. The molecule has 142 valence electrons. The minimum absolute atomic E-state index is 0.0554. The van der Waals surface area contributed by atoms with Crippen LogP contribution in [-0.2, 0) is 9.53 Å². The molecule has 0 bridgehead atoms. The second-order valence-electron chi connectivity index (χ2n) is 6.34. The number of carbonyl (C=O) groups excluding carboxylic acids is 3. The van der Waals surface area contributed by atoms with Gasteiger partial charge >= 0.3 is 5.97 Å². The van der Waals surface area contributed by atoms with Gasteiger partial charge in [-0.15, -0.1) is 11.3 Å². The predicted octanol–water partition coefficient (Wildman–Crippen LogP) is 5.19. The molecule has 28 heavy (non-hydrogen) atoms. The second-order valence-corrected chi connectivity index (χ2v) is 7.63. The van der Waals surface area contributed by atoms with Crippen LogP contribution in [0.4, 0.5) is 0 Å². The number of ketones is 2. The Bertz CT molecular complexity index is 961. The first-order valence-electron chi connectivity index (χ1n) is 8.98. The fourth-order valence-electron chi connectivity index (χ4n) is 2.77. The summed E-state index contributed by atoms with van der Waals surface area (Å²) in [5, 5.41) is 0. The molecule has 2 aromatic carbocycles. The van der Waals surface area contributed by atoms with Gasteiger partial charge in [0.2, 0.25) is 5.78 Å². The van der Waals surface area contributed by atoms with Crippen LogP contribution in [0.3, 0.4) is 0 Å². The van der Waals surface area contributed by atoms with Gasteiger partial charge in [0.25, 0.3) is 0 Å². The van der Waals surface area contributed by atoms with Crippen LogP contribution in [0.15, 0.2) is 72.8 Å². The highest BCUT2D eigenvalue weighted by atomic mass is 32.1. The number of hydrogen-bond donors (Lipinski definition) is 0. The van der Waals surface area contributed by atoms with Gasteiger partial charge in [0.05, 0.1) is 11.3 Å². The molecule has 0 unspecified atom stereocenters. The third-order valence-electron chi connectivity index (χ3n) is 4.22. The van der Waals surface area contributed by atoms with E-state index in [0.29, 0.717) is 16.0 Å². The Morgan fingerprint density at radius 1 is 0.857 bits per heavy atom. The van der Waals surface area contributed by atoms with Crippen molar-refractivity contribution in [1.29, 1.82) is 0 Å². The van der Waals surface area contributed by atoms with E-state index in [4.69, 9.17) is 4.74 Å². The van der Waals surface area contributed by atoms with Gasteiger partial charge in [-0.2, -0.15) is 0 Å². The third kappa shape index (κ3) is 5.02. The van der Waals surface area contributed by atoms with Crippen LogP contribution in [0.2, 0.25) is 0 Å². The van der Waals surface area contributed by atoms with Gasteiger partial charge < -0.3 is 4.74 Å². The number of ether oxygens (including phenoxy) is 1. The van der Waals surface area contributed by atoms with Gasteiger partial charge in [0.15, 0.2) is 11.9 Å². The number of aryl methyl sites for hydroxylation is 1. The zero-order valence-electron chi connectivity index (χ0n) is 15.5. The minimum atomic E-state index is -1.03. The normalized spacial score (nSPS) is 11.6. The van der Waals surface area contributed by atoms with Crippen molar-refractivity contribution in [2.45, 2.75) is 25.9 Å². The van der Waals surface area contributed by atoms with Crippen LogP contribution in [0.1, 0.15) is 49.4 Å². The SMILES string of the molecule is Cc1ccc(C(=O)CCC(=O)O[C@H](C(=O)c2ccccc2)c2ccccc2)s1. The third-order valence-corrected chi connectivity index (χ3v) is 5.26. The van der Waals surface area contributed by atoms with Gasteiger partial charge in [0, 0.05) is 22.4 Å². The Morgan fingerprint density at radius 3 is 2.11 bits per heavy atom. The Labute approximate surface area is 167 Å². The first-order chi connectivity index (χ1) is 13.5. The van der Waals surface area contributed by atoms with Crippen molar-refractivity contribution in [2.24, 2.45) is 0 Å². The molecule has 1 heterocycles. The maximum atomic E-state index is 12.9. The summed E-state index contributed by atoms with van der Waals surface area (Å²) in [7, 11) is 0. The average molecular weight is 392 g/mol. The minimum Gasteiger partial charge on any atom is -0.449 e. The van der Waals surface area contributed by atoms with E-state index in [1.165, 1.54) is 11.3 Å². The van der Waals surface area contributed by atoms with E-state index in [9.17, 15) is 14.4 Å². The molecular weight excluding hydrogens is 372 g/mol. The molecule has 1 atom stereocenters. The fourth-order valence-corrected chi connectivity index (χ4v) is 3.60.